The van der Waals surface area contributed by atoms with E-state index in [9.17, 15) is 19.7 Å². The van der Waals surface area contributed by atoms with Gasteiger partial charge in [-0.05, 0) is 13.0 Å². The van der Waals surface area contributed by atoms with E-state index < -0.39 is 16.8 Å². The summed E-state index contributed by atoms with van der Waals surface area (Å²) in [4.78, 5) is 32.3. The largest absolute Gasteiger partial charge is 0.481 e. The van der Waals surface area contributed by atoms with Crippen LogP contribution >= 0.6 is 11.8 Å². The van der Waals surface area contributed by atoms with Crippen LogP contribution in [0.25, 0.3) is 0 Å². The number of thioether (sulfide) groups is 1. The Hall–Kier alpha value is -2.09. The first kappa shape index (κ1) is 16.0. The monoisotopic (exact) mass is 298 g/mol. The van der Waals surface area contributed by atoms with Crippen LogP contribution in [-0.2, 0) is 4.79 Å². The fourth-order valence-corrected chi connectivity index (χ4v) is 2.01. The van der Waals surface area contributed by atoms with Crippen LogP contribution in [0.15, 0.2) is 18.2 Å². The number of amides is 1. The molecule has 0 spiro atoms. The lowest BCUT2D eigenvalue weighted by molar-refractivity contribution is -0.385. The Kier molecular flexibility index (Phi) is 5.98. The number of nitro groups is 1. The Labute approximate surface area is 119 Å². The van der Waals surface area contributed by atoms with Crippen molar-refractivity contribution < 1.29 is 19.6 Å². The van der Waals surface area contributed by atoms with Crippen LogP contribution in [0.3, 0.4) is 0 Å². The van der Waals surface area contributed by atoms with Gasteiger partial charge in [0, 0.05) is 29.5 Å². The van der Waals surface area contributed by atoms with Gasteiger partial charge < -0.3 is 10.4 Å². The van der Waals surface area contributed by atoms with Crippen molar-refractivity contribution in [1.29, 1.82) is 0 Å². The van der Waals surface area contributed by atoms with Gasteiger partial charge >= 0.3 is 5.97 Å². The van der Waals surface area contributed by atoms with E-state index in [4.69, 9.17) is 5.11 Å². The van der Waals surface area contributed by atoms with Crippen molar-refractivity contribution in [3.05, 3.63) is 39.4 Å². The molecule has 7 nitrogen and oxygen atoms in total. The summed E-state index contributed by atoms with van der Waals surface area (Å²) in [5.41, 5.74) is 0.604. The number of nitrogens with zero attached hydrogens (tertiary/aromatic N) is 1. The number of carboxylic acids is 1. The van der Waals surface area contributed by atoms with E-state index in [0.29, 0.717) is 17.9 Å². The summed E-state index contributed by atoms with van der Waals surface area (Å²) in [6, 6.07) is 4.27. The summed E-state index contributed by atoms with van der Waals surface area (Å²) < 4.78 is 0. The lowest BCUT2D eigenvalue weighted by Crippen LogP contribution is -2.26. The SMILES string of the molecule is Cc1ccc(C(=O)NCCSCC(=O)O)cc1[N+](=O)[O-]. The van der Waals surface area contributed by atoms with Crippen molar-refractivity contribution in [2.75, 3.05) is 18.1 Å². The smallest absolute Gasteiger partial charge is 0.313 e. The lowest BCUT2D eigenvalue weighted by Gasteiger charge is -2.05. The molecule has 0 radical (unpaired) electrons. The van der Waals surface area contributed by atoms with E-state index in [-0.39, 0.29) is 17.0 Å². The molecule has 0 fully saturated rings. The number of carbonyl (C=O) groups is 2. The zero-order valence-corrected chi connectivity index (χ0v) is 11.6. The summed E-state index contributed by atoms with van der Waals surface area (Å²) in [5.74, 6) is -0.878. The summed E-state index contributed by atoms with van der Waals surface area (Å²) in [6.07, 6.45) is 0. The minimum Gasteiger partial charge on any atom is -0.481 e. The molecule has 1 amide bonds. The molecule has 1 aromatic carbocycles. The fourth-order valence-electron chi connectivity index (χ4n) is 1.45. The van der Waals surface area contributed by atoms with Gasteiger partial charge in [0.2, 0.25) is 0 Å². The van der Waals surface area contributed by atoms with Crippen molar-refractivity contribution in [3.63, 3.8) is 0 Å². The van der Waals surface area contributed by atoms with Crippen LogP contribution in [-0.4, -0.2) is 40.0 Å². The number of hydrogen-bond donors (Lipinski definition) is 2. The van der Waals surface area contributed by atoms with E-state index in [0.717, 1.165) is 0 Å². The predicted octanol–water partition coefficient (Wildman–Crippen LogP) is 1.45. The van der Waals surface area contributed by atoms with Gasteiger partial charge in [-0.25, -0.2) is 0 Å². The van der Waals surface area contributed by atoms with E-state index >= 15 is 0 Å². The molecule has 0 aliphatic rings. The van der Waals surface area contributed by atoms with Crippen molar-refractivity contribution in [3.8, 4) is 0 Å². The second kappa shape index (κ2) is 7.49. The highest BCUT2D eigenvalue weighted by molar-refractivity contribution is 7.99. The Balaban J connectivity index is 2.53. The third-order valence-corrected chi connectivity index (χ3v) is 3.37. The second-order valence-electron chi connectivity index (χ2n) is 3.96. The number of nitro benzene ring substituents is 1. The molecule has 0 bridgehead atoms. The number of carboxylic acid groups (broad SMARTS) is 1. The minimum atomic E-state index is -0.907. The maximum Gasteiger partial charge on any atom is 0.313 e. The van der Waals surface area contributed by atoms with E-state index in [2.05, 4.69) is 5.32 Å². The number of nitrogens with one attached hydrogen (secondary N) is 1. The quantitative estimate of drug-likeness (QED) is 0.448. The lowest BCUT2D eigenvalue weighted by atomic mass is 10.1. The van der Waals surface area contributed by atoms with Gasteiger partial charge in [-0.1, -0.05) is 6.07 Å². The molecule has 0 aromatic heterocycles. The zero-order chi connectivity index (χ0) is 15.1. The average molecular weight is 298 g/mol. The average Bonchev–Trinajstić information content (AvgIpc) is 2.37. The first-order valence-electron chi connectivity index (χ1n) is 5.74. The Morgan fingerprint density at radius 3 is 2.75 bits per heavy atom. The molecule has 20 heavy (non-hydrogen) atoms. The van der Waals surface area contributed by atoms with Crippen molar-refractivity contribution in [1.82, 2.24) is 5.32 Å². The van der Waals surface area contributed by atoms with Gasteiger partial charge in [0.25, 0.3) is 11.6 Å². The topological polar surface area (TPSA) is 110 Å². The molecule has 0 unspecified atom stereocenters. The number of hydrogen-bond acceptors (Lipinski definition) is 5. The minimum absolute atomic E-state index is 0.0220. The van der Waals surface area contributed by atoms with Gasteiger partial charge in [0.1, 0.15) is 0 Å². The van der Waals surface area contributed by atoms with Gasteiger partial charge in [-0.15, -0.1) is 11.8 Å². The van der Waals surface area contributed by atoms with Crippen molar-refractivity contribution >= 4 is 29.3 Å². The van der Waals surface area contributed by atoms with Crippen LogP contribution in [0.2, 0.25) is 0 Å². The molecular weight excluding hydrogens is 284 g/mol. The van der Waals surface area contributed by atoms with Crippen LogP contribution in [0.4, 0.5) is 5.69 Å². The highest BCUT2D eigenvalue weighted by Gasteiger charge is 2.14. The van der Waals surface area contributed by atoms with Crippen LogP contribution in [0.1, 0.15) is 15.9 Å². The first-order valence-corrected chi connectivity index (χ1v) is 6.90. The molecule has 0 atom stereocenters. The summed E-state index contributed by atoms with van der Waals surface area (Å²) in [5, 5.41) is 21.8. The van der Waals surface area contributed by atoms with Gasteiger partial charge in [0.05, 0.1) is 10.7 Å². The molecule has 2 N–H and O–H groups in total. The molecule has 108 valence electrons. The van der Waals surface area contributed by atoms with Gasteiger partial charge in [-0.2, -0.15) is 0 Å². The maximum absolute atomic E-state index is 11.8. The fraction of sp³-hybridized carbons (Fsp3) is 0.333. The normalized spacial score (nSPS) is 10.1. The highest BCUT2D eigenvalue weighted by Crippen LogP contribution is 2.19. The standard InChI is InChI=1S/C12H14N2O5S/c1-8-2-3-9(6-10(8)14(18)19)12(17)13-4-5-20-7-11(15)16/h2-3,6H,4-5,7H2,1H3,(H,13,17)(H,15,16). The molecule has 0 saturated carbocycles. The van der Waals surface area contributed by atoms with E-state index in [1.165, 1.54) is 30.0 Å². The molecular formula is C12H14N2O5S. The van der Waals surface area contributed by atoms with Gasteiger partial charge in [0.15, 0.2) is 0 Å². The molecule has 0 aliphatic carbocycles. The van der Waals surface area contributed by atoms with E-state index in [1.807, 2.05) is 0 Å². The molecule has 0 aliphatic heterocycles. The highest BCUT2D eigenvalue weighted by atomic mass is 32.2. The van der Waals surface area contributed by atoms with E-state index in [1.54, 1.807) is 6.92 Å². The number of carbonyl (C=O) groups excluding carboxylic acids is 1. The molecule has 1 aromatic rings. The van der Waals surface area contributed by atoms with Crippen LogP contribution in [0, 0.1) is 17.0 Å². The van der Waals surface area contributed by atoms with Gasteiger partial charge in [-0.3, -0.25) is 19.7 Å². The first-order chi connectivity index (χ1) is 9.41. The third-order valence-electron chi connectivity index (χ3n) is 2.43. The second-order valence-corrected chi connectivity index (χ2v) is 5.07. The molecule has 8 heteroatoms. The summed E-state index contributed by atoms with van der Waals surface area (Å²) in [7, 11) is 0. The summed E-state index contributed by atoms with van der Waals surface area (Å²) in [6.45, 7) is 1.90. The Bertz CT molecular complexity index is 533. The van der Waals surface area contributed by atoms with Crippen molar-refractivity contribution in [2.45, 2.75) is 6.92 Å². The number of aryl methyl sites for hydroxylation is 1. The molecule has 0 saturated heterocycles. The molecule has 0 heterocycles. The zero-order valence-electron chi connectivity index (χ0n) is 10.8. The summed E-state index contributed by atoms with van der Waals surface area (Å²) >= 11 is 1.19. The third kappa shape index (κ3) is 4.88. The molecule has 1 rings (SSSR count). The van der Waals surface area contributed by atoms with Crippen LogP contribution < -0.4 is 5.32 Å². The number of rotatable bonds is 7. The van der Waals surface area contributed by atoms with Crippen molar-refractivity contribution in [2.24, 2.45) is 0 Å². The Morgan fingerprint density at radius 2 is 2.15 bits per heavy atom. The number of aliphatic carboxylic acids is 1. The Morgan fingerprint density at radius 1 is 1.45 bits per heavy atom. The predicted molar refractivity (Wildman–Crippen MR) is 75.1 cm³/mol. The van der Waals surface area contributed by atoms with Crippen LogP contribution in [0.5, 0.6) is 0 Å². The number of benzene rings is 1. The maximum atomic E-state index is 11.8.